The molecule has 2 aliphatic rings. The van der Waals surface area contributed by atoms with Crippen molar-refractivity contribution in [2.45, 2.75) is 39.7 Å². The van der Waals surface area contributed by atoms with E-state index in [1.807, 2.05) is 4.90 Å². The van der Waals surface area contributed by atoms with Crippen molar-refractivity contribution in [1.82, 2.24) is 9.80 Å². The Morgan fingerprint density at radius 3 is 1.94 bits per heavy atom. The molecule has 16 heavy (non-hydrogen) atoms. The van der Waals surface area contributed by atoms with Crippen LogP contribution < -0.4 is 0 Å². The molecule has 2 heterocycles. The van der Waals surface area contributed by atoms with Crippen LogP contribution >= 0.6 is 0 Å². The predicted molar refractivity (Wildman–Crippen MR) is 65.2 cm³/mol. The van der Waals surface area contributed by atoms with Crippen molar-refractivity contribution in [3.05, 3.63) is 0 Å². The van der Waals surface area contributed by atoms with E-state index >= 15 is 0 Å². The highest BCUT2D eigenvalue weighted by Crippen LogP contribution is 2.32. The minimum Gasteiger partial charge on any atom is -0.342 e. The highest BCUT2D eigenvalue weighted by molar-refractivity contribution is 5.73. The zero-order valence-corrected chi connectivity index (χ0v) is 11.0. The quantitative estimate of drug-likeness (QED) is 0.624. The summed E-state index contributed by atoms with van der Waals surface area (Å²) in [6, 6.07) is 0. The fraction of sp³-hybridized carbons (Fsp3) is 0.923. The van der Waals surface area contributed by atoms with Gasteiger partial charge in [0.25, 0.3) is 0 Å². The molecule has 0 spiro atoms. The fourth-order valence-electron chi connectivity index (χ4n) is 3.09. The van der Waals surface area contributed by atoms with Crippen LogP contribution in [0.3, 0.4) is 0 Å². The number of hydrogen-bond acceptors (Lipinski definition) is 2. The molecule has 0 aromatic carbocycles. The molecule has 2 aliphatic heterocycles. The maximum absolute atomic E-state index is 11.4. The second-order valence-corrected chi connectivity index (χ2v) is 6.47. The number of hydrogen-bond donors (Lipinski definition) is 0. The molecule has 0 aromatic heterocycles. The van der Waals surface area contributed by atoms with Crippen LogP contribution in [0.1, 0.15) is 34.1 Å². The number of carbonyl (C=O) groups is 1. The molecule has 2 saturated heterocycles. The number of amides is 1. The molecule has 0 saturated carbocycles. The monoisotopic (exact) mass is 224 g/mol. The number of rotatable bonds is 0. The van der Waals surface area contributed by atoms with Gasteiger partial charge >= 0.3 is 0 Å². The number of carbonyl (C=O) groups excluding carboxylic acids is 1. The largest absolute Gasteiger partial charge is 0.342 e. The van der Waals surface area contributed by atoms with Crippen molar-refractivity contribution in [3.8, 4) is 0 Å². The SMILES string of the molecule is CC(=O)N1CC2CC(C1)CN(C(C)(C)C)C2. The minimum absolute atomic E-state index is 0.249. The van der Waals surface area contributed by atoms with Crippen LogP contribution in [0.4, 0.5) is 0 Å². The Morgan fingerprint density at radius 1 is 1.06 bits per heavy atom. The van der Waals surface area contributed by atoms with E-state index in [1.165, 1.54) is 6.42 Å². The molecule has 3 heteroatoms. The van der Waals surface area contributed by atoms with Crippen molar-refractivity contribution in [2.75, 3.05) is 26.2 Å². The van der Waals surface area contributed by atoms with E-state index in [4.69, 9.17) is 0 Å². The summed E-state index contributed by atoms with van der Waals surface area (Å²) < 4.78 is 0. The Labute approximate surface area is 98.8 Å². The Balaban J connectivity index is 2.03. The zero-order valence-electron chi connectivity index (χ0n) is 11.0. The maximum Gasteiger partial charge on any atom is 0.219 e. The van der Waals surface area contributed by atoms with E-state index in [2.05, 4.69) is 25.7 Å². The van der Waals surface area contributed by atoms with Crippen molar-refractivity contribution in [1.29, 1.82) is 0 Å². The van der Waals surface area contributed by atoms with Gasteiger partial charge in [0.1, 0.15) is 0 Å². The average molecular weight is 224 g/mol. The molecule has 3 nitrogen and oxygen atoms in total. The molecule has 2 fully saturated rings. The Morgan fingerprint density at radius 2 is 1.56 bits per heavy atom. The molecular weight excluding hydrogens is 200 g/mol. The molecule has 2 bridgehead atoms. The highest BCUT2D eigenvalue weighted by Gasteiger charge is 2.38. The lowest BCUT2D eigenvalue weighted by atomic mass is 9.82. The summed E-state index contributed by atoms with van der Waals surface area (Å²) in [7, 11) is 0. The van der Waals surface area contributed by atoms with Gasteiger partial charge in [0.05, 0.1) is 0 Å². The lowest BCUT2D eigenvalue weighted by molar-refractivity contribution is -0.134. The summed E-state index contributed by atoms with van der Waals surface area (Å²) >= 11 is 0. The first-order chi connectivity index (χ1) is 7.36. The standard InChI is InChI=1S/C13H24N2O/c1-10(16)14-6-11-5-12(7-14)9-15(8-11)13(2,3)4/h11-12H,5-9H2,1-4H3. The van der Waals surface area contributed by atoms with Crippen LogP contribution in [0, 0.1) is 11.8 Å². The van der Waals surface area contributed by atoms with Crippen LogP contribution in [-0.4, -0.2) is 47.4 Å². The third-order valence-corrected chi connectivity index (χ3v) is 3.98. The summed E-state index contributed by atoms with van der Waals surface area (Å²) in [5.41, 5.74) is 0.273. The Bertz CT molecular complexity index is 268. The second-order valence-electron chi connectivity index (χ2n) is 6.47. The topological polar surface area (TPSA) is 23.6 Å². The van der Waals surface area contributed by atoms with Gasteiger partial charge in [0, 0.05) is 38.6 Å². The van der Waals surface area contributed by atoms with Gasteiger partial charge in [0.15, 0.2) is 0 Å². The Hall–Kier alpha value is -0.570. The number of likely N-dealkylation sites (tertiary alicyclic amines) is 2. The molecule has 0 aliphatic carbocycles. The average Bonchev–Trinajstić information content (AvgIpc) is 2.14. The van der Waals surface area contributed by atoms with Gasteiger partial charge in [-0.05, 0) is 39.0 Å². The molecular formula is C13H24N2O. The van der Waals surface area contributed by atoms with Gasteiger partial charge in [-0.15, -0.1) is 0 Å². The van der Waals surface area contributed by atoms with Crippen molar-refractivity contribution < 1.29 is 4.79 Å². The van der Waals surface area contributed by atoms with Crippen molar-refractivity contribution in [3.63, 3.8) is 0 Å². The number of piperidine rings is 2. The first-order valence-corrected chi connectivity index (χ1v) is 6.37. The van der Waals surface area contributed by atoms with E-state index in [9.17, 15) is 4.79 Å². The summed E-state index contributed by atoms with van der Waals surface area (Å²) in [6.45, 7) is 12.8. The first kappa shape index (κ1) is 11.9. The lowest BCUT2D eigenvalue weighted by Gasteiger charge is -2.49. The number of nitrogens with zero attached hydrogens (tertiary/aromatic N) is 2. The molecule has 1 amide bonds. The van der Waals surface area contributed by atoms with Crippen LogP contribution in [0.2, 0.25) is 0 Å². The van der Waals surface area contributed by atoms with Crippen LogP contribution in [0.15, 0.2) is 0 Å². The first-order valence-electron chi connectivity index (χ1n) is 6.37. The van der Waals surface area contributed by atoms with Gasteiger partial charge in [-0.2, -0.15) is 0 Å². The predicted octanol–water partition coefficient (Wildman–Crippen LogP) is 1.59. The van der Waals surface area contributed by atoms with E-state index in [-0.39, 0.29) is 11.4 Å². The number of fused-ring (bicyclic) bond motifs is 2. The molecule has 2 rings (SSSR count). The lowest BCUT2D eigenvalue weighted by Crippen LogP contribution is -2.57. The zero-order chi connectivity index (χ0) is 11.9. The summed E-state index contributed by atoms with van der Waals surface area (Å²) in [5.74, 6) is 1.63. The van der Waals surface area contributed by atoms with Gasteiger partial charge in [0.2, 0.25) is 5.91 Å². The Kier molecular flexibility index (Phi) is 2.99. The van der Waals surface area contributed by atoms with E-state index < -0.39 is 0 Å². The van der Waals surface area contributed by atoms with E-state index in [1.54, 1.807) is 6.92 Å². The third-order valence-electron chi connectivity index (χ3n) is 3.98. The van der Waals surface area contributed by atoms with Gasteiger partial charge in [-0.25, -0.2) is 0 Å². The fourth-order valence-corrected chi connectivity index (χ4v) is 3.09. The molecule has 0 N–H and O–H groups in total. The molecule has 92 valence electrons. The minimum atomic E-state index is 0.249. The second kappa shape index (κ2) is 4.02. The van der Waals surface area contributed by atoms with Gasteiger partial charge in [-0.1, -0.05) is 0 Å². The maximum atomic E-state index is 11.4. The molecule has 0 aromatic rings. The van der Waals surface area contributed by atoms with Crippen molar-refractivity contribution in [2.24, 2.45) is 11.8 Å². The summed E-state index contributed by atoms with van der Waals surface area (Å²) in [4.78, 5) is 16.0. The summed E-state index contributed by atoms with van der Waals surface area (Å²) in [6.07, 6.45) is 1.32. The van der Waals surface area contributed by atoms with Crippen LogP contribution in [0.5, 0.6) is 0 Å². The summed E-state index contributed by atoms with van der Waals surface area (Å²) in [5, 5.41) is 0. The van der Waals surface area contributed by atoms with E-state index in [0.717, 1.165) is 26.2 Å². The highest BCUT2D eigenvalue weighted by atomic mass is 16.2. The van der Waals surface area contributed by atoms with Crippen LogP contribution in [-0.2, 0) is 4.79 Å². The molecule has 2 atom stereocenters. The van der Waals surface area contributed by atoms with Gasteiger partial charge in [-0.3, -0.25) is 9.69 Å². The van der Waals surface area contributed by atoms with Gasteiger partial charge < -0.3 is 4.90 Å². The third kappa shape index (κ3) is 2.40. The van der Waals surface area contributed by atoms with Crippen LogP contribution in [0.25, 0.3) is 0 Å². The molecule has 0 radical (unpaired) electrons. The van der Waals surface area contributed by atoms with Crippen molar-refractivity contribution >= 4 is 5.91 Å². The normalized spacial score (nSPS) is 31.6. The van der Waals surface area contributed by atoms with E-state index in [0.29, 0.717) is 11.8 Å². The smallest absolute Gasteiger partial charge is 0.219 e. The molecule has 2 unspecified atom stereocenters.